The Bertz CT molecular complexity index is 861. The van der Waals surface area contributed by atoms with E-state index in [-0.39, 0.29) is 11.7 Å². The predicted molar refractivity (Wildman–Crippen MR) is 93.1 cm³/mol. The highest BCUT2D eigenvalue weighted by Gasteiger charge is 2.21. The lowest BCUT2D eigenvalue weighted by Gasteiger charge is -2.19. The van der Waals surface area contributed by atoms with Crippen LogP contribution in [0.2, 0.25) is 0 Å². The number of hydrogen-bond acceptors (Lipinski definition) is 2. The summed E-state index contributed by atoms with van der Waals surface area (Å²) in [6.45, 7) is 0. The zero-order valence-electron chi connectivity index (χ0n) is 12.9. The lowest BCUT2D eigenvalue weighted by molar-refractivity contribution is 0.0941. The molecule has 0 aliphatic carbocycles. The summed E-state index contributed by atoms with van der Waals surface area (Å²) < 4.78 is 16.3. The number of imidazole rings is 1. The topological polar surface area (TPSA) is 46.9 Å². The monoisotopic (exact) mass is 387 g/mol. The van der Waals surface area contributed by atoms with Crippen molar-refractivity contribution >= 4 is 21.8 Å². The number of nitrogens with one attached hydrogen (secondary N) is 1. The average Bonchev–Trinajstić information content (AvgIpc) is 2.99. The smallest absolute Gasteiger partial charge is 0.252 e. The number of carbonyl (C=O) groups is 1. The Hall–Kier alpha value is -2.47. The molecule has 0 aliphatic rings. The van der Waals surface area contributed by atoms with E-state index in [0.29, 0.717) is 17.0 Å². The third-order valence-electron chi connectivity index (χ3n) is 3.68. The second-order valence-electron chi connectivity index (χ2n) is 5.36. The van der Waals surface area contributed by atoms with Gasteiger partial charge in [0, 0.05) is 29.5 Å². The zero-order valence-corrected chi connectivity index (χ0v) is 14.5. The van der Waals surface area contributed by atoms with Gasteiger partial charge in [-0.1, -0.05) is 28.1 Å². The maximum Gasteiger partial charge on any atom is 0.252 e. The van der Waals surface area contributed by atoms with E-state index >= 15 is 0 Å². The summed E-state index contributed by atoms with van der Waals surface area (Å²) in [7, 11) is 1.83. The maximum absolute atomic E-state index is 13.6. The van der Waals surface area contributed by atoms with Crippen LogP contribution in [-0.2, 0) is 7.05 Å². The van der Waals surface area contributed by atoms with E-state index in [1.807, 2.05) is 7.05 Å². The lowest BCUT2D eigenvalue weighted by atomic mass is 10.0. The third-order valence-corrected chi connectivity index (χ3v) is 4.21. The Morgan fingerprint density at radius 3 is 2.62 bits per heavy atom. The van der Waals surface area contributed by atoms with E-state index in [9.17, 15) is 9.18 Å². The van der Waals surface area contributed by atoms with E-state index in [4.69, 9.17) is 0 Å². The molecule has 2 aromatic carbocycles. The molecule has 3 rings (SSSR count). The molecule has 0 fully saturated rings. The summed E-state index contributed by atoms with van der Waals surface area (Å²) in [5.74, 6) is 0.0235. The highest BCUT2D eigenvalue weighted by molar-refractivity contribution is 9.10. The summed E-state index contributed by atoms with van der Waals surface area (Å²) in [5.41, 5.74) is 1.16. The van der Waals surface area contributed by atoms with Gasteiger partial charge in [-0.3, -0.25) is 4.79 Å². The zero-order chi connectivity index (χ0) is 17.1. The first kappa shape index (κ1) is 16.4. The highest BCUT2D eigenvalue weighted by atomic mass is 79.9. The van der Waals surface area contributed by atoms with Gasteiger partial charge in [0.15, 0.2) is 0 Å². The number of halogens is 2. The van der Waals surface area contributed by atoms with Gasteiger partial charge in [0.1, 0.15) is 17.7 Å². The Labute approximate surface area is 147 Å². The van der Waals surface area contributed by atoms with Crippen LogP contribution in [0.5, 0.6) is 0 Å². The van der Waals surface area contributed by atoms with Crippen LogP contribution < -0.4 is 5.32 Å². The molecule has 0 unspecified atom stereocenters. The molecule has 122 valence electrons. The minimum absolute atomic E-state index is 0.250. The Balaban J connectivity index is 1.95. The summed E-state index contributed by atoms with van der Waals surface area (Å²) in [5, 5.41) is 2.94. The first-order chi connectivity index (χ1) is 11.5. The molecule has 1 heterocycles. The fourth-order valence-corrected chi connectivity index (χ4v) is 2.72. The van der Waals surface area contributed by atoms with Crippen LogP contribution in [0.1, 0.15) is 27.8 Å². The van der Waals surface area contributed by atoms with Gasteiger partial charge in [-0.25, -0.2) is 9.37 Å². The predicted octanol–water partition coefficient (Wildman–Crippen LogP) is 3.84. The molecule has 0 radical (unpaired) electrons. The fourth-order valence-electron chi connectivity index (χ4n) is 2.45. The summed E-state index contributed by atoms with van der Waals surface area (Å²) >= 11 is 3.34. The SMILES string of the molecule is Cn1ccnc1[C@H](NC(=O)c1ccc(Br)cc1)c1cccc(F)c1. The number of aromatic nitrogens is 2. The molecule has 0 saturated carbocycles. The van der Waals surface area contributed by atoms with Crippen molar-refractivity contribution in [3.05, 3.63) is 88.2 Å². The fraction of sp³-hybridized carbons (Fsp3) is 0.111. The second-order valence-corrected chi connectivity index (χ2v) is 6.28. The number of carbonyl (C=O) groups excluding carboxylic acids is 1. The molecule has 1 N–H and O–H groups in total. The molecule has 3 aromatic rings. The summed E-state index contributed by atoms with van der Waals surface area (Å²) in [6, 6.07) is 12.7. The van der Waals surface area contributed by atoms with Gasteiger partial charge in [0.05, 0.1) is 0 Å². The standard InChI is InChI=1S/C18H15BrFN3O/c1-23-10-9-21-17(23)16(13-3-2-4-15(20)11-13)22-18(24)12-5-7-14(19)8-6-12/h2-11,16H,1H3,(H,22,24)/t16-/m1/s1. The van der Waals surface area contributed by atoms with Crippen molar-refractivity contribution in [2.24, 2.45) is 7.05 Å². The van der Waals surface area contributed by atoms with Gasteiger partial charge < -0.3 is 9.88 Å². The Morgan fingerprint density at radius 2 is 2.00 bits per heavy atom. The van der Waals surface area contributed by atoms with Gasteiger partial charge in [-0.2, -0.15) is 0 Å². The molecular formula is C18H15BrFN3O. The van der Waals surface area contributed by atoms with Crippen LogP contribution in [-0.4, -0.2) is 15.5 Å². The molecule has 0 bridgehead atoms. The number of nitrogens with zero attached hydrogens (tertiary/aromatic N) is 2. The van der Waals surface area contributed by atoms with Crippen molar-refractivity contribution in [1.29, 1.82) is 0 Å². The van der Waals surface area contributed by atoms with Crippen molar-refractivity contribution in [2.75, 3.05) is 0 Å². The minimum atomic E-state index is -0.545. The first-order valence-corrected chi connectivity index (χ1v) is 8.13. The maximum atomic E-state index is 13.6. The van der Waals surface area contributed by atoms with Crippen molar-refractivity contribution in [3.63, 3.8) is 0 Å². The largest absolute Gasteiger partial charge is 0.338 e. The van der Waals surface area contributed by atoms with Crippen LogP contribution in [0.3, 0.4) is 0 Å². The summed E-state index contributed by atoms with van der Waals surface area (Å²) in [4.78, 5) is 16.9. The van der Waals surface area contributed by atoms with E-state index < -0.39 is 6.04 Å². The van der Waals surface area contributed by atoms with Crippen LogP contribution in [0.15, 0.2) is 65.4 Å². The van der Waals surface area contributed by atoms with E-state index in [2.05, 4.69) is 26.2 Å². The summed E-state index contributed by atoms with van der Waals surface area (Å²) in [6.07, 6.45) is 3.43. The number of benzene rings is 2. The third kappa shape index (κ3) is 3.54. The molecule has 1 amide bonds. The van der Waals surface area contributed by atoms with Crippen LogP contribution in [0.4, 0.5) is 4.39 Å². The molecule has 6 heteroatoms. The molecule has 4 nitrogen and oxygen atoms in total. The molecule has 1 aromatic heterocycles. The molecule has 24 heavy (non-hydrogen) atoms. The van der Waals surface area contributed by atoms with Gasteiger partial charge in [0.25, 0.3) is 5.91 Å². The van der Waals surface area contributed by atoms with Crippen LogP contribution in [0, 0.1) is 5.82 Å². The molecule has 0 aliphatic heterocycles. The van der Waals surface area contributed by atoms with Crippen molar-refractivity contribution in [3.8, 4) is 0 Å². The van der Waals surface area contributed by atoms with Gasteiger partial charge in [0.2, 0.25) is 0 Å². The molecule has 0 saturated heterocycles. The normalized spacial score (nSPS) is 12.0. The van der Waals surface area contributed by atoms with Crippen LogP contribution in [0.25, 0.3) is 0 Å². The Morgan fingerprint density at radius 1 is 1.25 bits per heavy atom. The van der Waals surface area contributed by atoms with Gasteiger partial charge in [-0.15, -0.1) is 0 Å². The van der Waals surface area contributed by atoms with Crippen molar-refractivity contribution < 1.29 is 9.18 Å². The number of amides is 1. The van der Waals surface area contributed by atoms with Gasteiger partial charge in [-0.05, 0) is 42.0 Å². The minimum Gasteiger partial charge on any atom is -0.338 e. The lowest BCUT2D eigenvalue weighted by Crippen LogP contribution is -2.31. The molecule has 1 atom stereocenters. The number of aryl methyl sites for hydroxylation is 1. The number of hydrogen-bond donors (Lipinski definition) is 1. The van der Waals surface area contributed by atoms with E-state index in [1.165, 1.54) is 12.1 Å². The van der Waals surface area contributed by atoms with Gasteiger partial charge >= 0.3 is 0 Å². The number of rotatable bonds is 4. The first-order valence-electron chi connectivity index (χ1n) is 7.34. The highest BCUT2D eigenvalue weighted by Crippen LogP contribution is 2.22. The van der Waals surface area contributed by atoms with E-state index in [0.717, 1.165) is 4.47 Å². The second kappa shape index (κ2) is 6.97. The quantitative estimate of drug-likeness (QED) is 0.738. The average molecular weight is 388 g/mol. The molecular weight excluding hydrogens is 373 g/mol. The van der Waals surface area contributed by atoms with Crippen molar-refractivity contribution in [2.45, 2.75) is 6.04 Å². The van der Waals surface area contributed by atoms with Crippen molar-refractivity contribution in [1.82, 2.24) is 14.9 Å². The van der Waals surface area contributed by atoms with E-state index in [1.54, 1.807) is 53.4 Å². The molecule has 0 spiro atoms. The Kier molecular flexibility index (Phi) is 4.76. The van der Waals surface area contributed by atoms with Crippen LogP contribution >= 0.6 is 15.9 Å².